The summed E-state index contributed by atoms with van der Waals surface area (Å²) in [5, 5.41) is 8.81. The minimum atomic E-state index is -0.941. The van der Waals surface area contributed by atoms with Crippen molar-refractivity contribution < 1.29 is 14.7 Å². The van der Waals surface area contributed by atoms with Gasteiger partial charge in [-0.1, -0.05) is 25.5 Å². The summed E-state index contributed by atoms with van der Waals surface area (Å²) < 4.78 is 0. The van der Waals surface area contributed by atoms with Crippen molar-refractivity contribution in [1.29, 1.82) is 0 Å². The average Bonchev–Trinajstić information content (AvgIpc) is 2.88. The van der Waals surface area contributed by atoms with E-state index < -0.39 is 5.97 Å². The third kappa shape index (κ3) is 3.34. The highest BCUT2D eigenvalue weighted by Gasteiger charge is 2.24. The third-order valence-electron chi connectivity index (χ3n) is 3.77. The topological polar surface area (TPSA) is 57.6 Å². The first-order chi connectivity index (χ1) is 9.10. The van der Waals surface area contributed by atoms with E-state index in [2.05, 4.69) is 6.92 Å². The summed E-state index contributed by atoms with van der Waals surface area (Å²) in [6.07, 6.45) is 2.58. The second-order valence-electron chi connectivity index (χ2n) is 5.08. The van der Waals surface area contributed by atoms with Crippen LogP contribution in [0, 0.1) is 5.92 Å². The van der Waals surface area contributed by atoms with E-state index in [0.717, 1.165) is 31.5 Å². The SMILES string of the molecule is CC[C@H]1CCN(C(=O)Cc2ccc(C(=O)O)cc2)C1. The Balaban J connectivity index is 1.94. The molecule has 2 rings (SSSR count). The van der Waals surface area contributed by atoms with E-state index in [1.807, 2.05) is 4.90 Å². The number of carboxylic acid groups (broad SMARTS) is 1. The molecular weight excluding hydrogens is 242 g/mol. The highest BCUT2D eigenvalue weighted by molar-refractivity contribution is 5.87. The molecule has 1 saturated heterocycles. The van der Waals surface area contributed by atoms with Crippen molar-refractivity contribution in [2.24, 2.45) is 5.92 Å². The Labute approximate surface area is 113 Å². The van der Waals surface area contributed by atoms with Gasteiger partial charge in [0.15, 0.2) is 0 Å². The molecule has 1 heterocycles. The molecule has 1 amide bonds. The van der Waals surface area contributed by atoms with Crippen molar-refractivity contribution >= 4 is 11.9 Å². The van der Waals surface area contributed by atoms with Gasteiger partial charge in [-0.2, -0.15) is 0 Å². The van der Waals surface area contributed by atoms with Gasteiger partial charge < -0.3 is 10.0 Å². The van der Waals surface area contributed by atoms with E-state index in [4.69, 9.17) is 5.11 Å². The Hall–Kier alpha value is -1.84. The van der Waals surface area contributed by atoms with Crippen LogP contribution in [0.15, 0.2) is 24.3 Å². The summed E-state index contributed by atoms with van der Waals surface area (Å²) in [5.74, 6) is -0.166. The van der Waals surface area contributed by atoms with Crippen LogP contribution in [0.4, 0.5) is 0 Å². The van der Waals surface area contributed by atoms with E-state index >= 15 is 0 Å². The molecule has 4 nitrogen and oxygen atoms in total. The Morgan fingerprint density at radius 1 is 1.32 bits per heavy atom. The largest absolute Gasteiger partial charge is 0.478 e. The molecule has 0 aromatic heterocycles. The Morgan fingerprint density at radius 3 is 2.53 bits per heavy atom. The predicted molar refractivity (Wildman–Crippen MR) is 72.1 cm³/mol. The predicted octanol–water partition coefficient (Wildman–Crippen LogP) is 2.19. The summed E-state index contributed by atoms with van der Waals surface area (Å²) in [5.41, 5.74) is 1.12. The Kier molecular flexibility index (Phi) is 4.20. The van der Waals surface area contributed by atoms with Gasteiger partial charge in [-0.25, -0.2) is 4.79 Å². The molecule has 1 fully saturated rings. The minimum absolute atomic E-state index is 0.138. The fraction of sp³-hybridized carbons (Fsp3) is 0.467. The smallest absolute Gasteiger partial charge is 0.335 e. The molecule has 0 saturated carbocycles. The lowest BCUT2D eigenvalue weighted by molar-refractivity contribution is -0.129. The molecule has 1 aliphatic rings. The summed E-state index contributed by atoms with van der Waals surface area (Å²) >= 11 is 0. The van der Waals surface area contributed by atoms with E-state index in [1.165, 1.54) is 0 Å². The Morgan fingerprint density at radius 2 is 2.00 bits per heavy atom. The number of carboxylic acids is 1. The quantitative estimate of drug-likeness (QED) is 0.903. The molecule has 1 aromatic carbocycles. The molecular formula is C15H19NO3. The van der Waals surface area contributed by atoms with E-state index in [1.54, 1.807) is 24.3 Å². The fourth-order valence-corrected chi connectivity index (χ4v) is 2.44. The van der Waals surface area contributed by atoms with E-state index in [-0.39, 0.29) is 11.5 Å². The number of carbonyl (C=O) groups excluding carboxylic acids is 1. The maximum absolute atomic E-state index is 12.1. The van der Waals surface area contributed by atoms with Gasteiger partial charge in [-0.15, -0.1) is 0 Å². The standard InChI is InChI=1S/C15H19NO3/c1-2-11-7-8-16(10-11)14(17)9-12-3-5-13(6-4-12)15(18)19/h3-6,11H,2,7-10H2,1H3,(H,18,19)/t11-/m0/s1. The van der Waals surface area contributed by atoms with Gasteiger partial charge in [0, 0.05) is 13.1 Å². The molecule has 102 valence electrons. The van der Waals surface area contributed by atoms with Gasteiger partial charge in [-0.3, -0.25) is 4.79 Å². The monoisotopic (exact) mass is 261 g/mol. The molecule has 1 N–H and O–H groups in total. The van der Waals surface area contributed by atoms with Crippen LogP contribution in [0.2, 0.25) is 0 Å². The highest BCUT2D eigenvalue weighted by atomic mass is 16.4. The number of hydrogen-bond acceptors (Lipinski definition) is 2. The first kappa shape index (κ1) is 13.6. The first-order valence-corrected chi connectivity index (χ1v) is 6.70. The lowest BCUT2D eigenvalue weighted by Crippen LogP contribution is -2.30. The molecule has 0 bridgehead atoms. The number of likely N-dealkylation sites (tertiary alicyclic amines) is 1. The molecule has 0 spiro atoms. The number of hydrogen-bond donors (Lipinski definition) is 1. The van der Waals surface area contributed by atoms with Crippen LogP contribution >= 0.6 is 0 Å². The molecule has 4 heteroatoms. The first-order valence-electron chi connectivity index (χ1n) is 6.70. The minimum Gasteiger partial charge on any atom is -0.478 e. The van der Waals surface area contributed by atoms with Crippen LogP contribution in [-0.2, 0) is 11.2 Å². The normalized spacial score (nSPS) is 18.6. The van der Waals surface area contributed by atoms with Crippen LogP contribution in [0.5, 0.6) is 0 Å². The summed E-state index contributed by atoms with van der Waals surface area (Å²) in [6.45, 7) is 3.87. The molecule has 0 radical (unpaired) electrons. The number of amides is 1. The van der Waals surface area contributed by atoms with Gasteiger partial charge in [0.2, 0.25) is 5.91 Å². The van der Waals surface area contributed by atoms with Crippen molar-refractivity contribution in [1.82, 2.24) is 4.90 Å². The maximum Gasteiger partial charge on any atom is 0.335 e. The molecule has 19 heavy (non-hydrogen) atoms. The second kappa shape index (κ2) is 5.87. The van der Waals surface area contributed by atoms with Gasteiger partial charge in [0.1, 0.15) is 0 Å². The highest BCUT2D eigenvalue weighted by Crippen LogP contribution is 2.20. The fourth-order valence-electron chi connectivity index (χ4n) is 2.44. The van der Waals surface area contributed by atoms with Crippen molar-refractivity contribution in [3.8, 4) is 0 Å². The lowest BCUT2D eigenvalue weighted by Gasteiger charge is -2.16. The molecule has 0 aliphatic carbocycles. The average molecular weight is 261 g/mol. The number of benzene rings is 1. The van der Waals surface area contributed by atoms with Crippen molar-refractivity contribution in [2.45, 2.75) is 26.2 Å². The summed E-state index contributed by atoms with van der Waals surface area (Å²) in [7, 11) is 0. The van der Waals surface area contributed by atoms with Crippen LogP contribution < -0.4 is 0 Å². The summed E-state index contributed by atoms with van der Waals surface area (Å²) in [6, 6.07) is 6.52. The van der Waals surface area contributed by atoms with Gasteiger partial charge in [-0.05, 0) is 30.0 Å². The number of carbonyl (C=O) groups is 2. The van der Waals surface area contributed by atoms with Crippen LogP contribution in [0.3, 0.4) is 0 Å². The molecule has 1 atom stereocenters. The molecule has 1 aromatic rings. The van der Waals surface area contributed by atoms with Crippen molar-refractivity contribution in [3.05, 3.63) is 35.4 Å². The van der Waals surface area contributed by atoms with Gasteiger partial charge in [0.05, 0.1) is 12.0 Å². The van der Waals surface area contributed by atoms with Crippen LogP contribution in [0.25, 0.3) is 0 Å². The molecule has 1 aliphatic heterocycles. The molecule has 0 unspecified atom stereocenters. The van der Waals surface area contributed by atoms with Gasteiger partial charge >= 0.3 is 5.97 Å². The Bertz CT molecular complexity index is 467. The van der Waals surface area contributed by atoms with E-state index in [0.29, 0.717) is 12.3 Å². The second-order valence-corrected chi connectivity index (χ2v) is 5.08. The number of aromatic carboxylic acids is 1. The van der Waals surface area contributed by atoms with Gasteiger partial charge in [0.25, 0.3) is 0 Å². The lowest BCUT2D eigenvalue weighted by atomic mass is 10.1. The summed E-state index contributed by atoms with van der Waals surface area (Å²) in [4.78, 5) is 24.8. The van der Waals surface area contributed by atoms with Crippen molar-refractivity contribution in [2.75, 3.05) is 13.1 Å². The van der Waals surface area contributed by atoms with E-state index in [9.17, 15) is 9.59 Å². The zero-order valence-electron chi connectivity index (χ0n) is 11.1. The third-order valence-corrected chi connectivity index (χ3v) is 3.77. The van der Waals surface area contributed by atoms with Crippen LogP contribution in [-0.4, -0.2) is 35.0 Å². The zero-order valence-corrected chi connectivity index (χ0v) is 11.1. The number of nitrogens with zero attached hydrogens (tertiary/aromatic N) is 1. The van der Waals surface area contributed by atoms with Crippen LogP contribution in [0.1, 0.15) is 35.7 Å². The number of rotatable bonds is 4. The van der Waals surface area contributed by atoms with Crippen molar-refractivity contribution in [3.63, 3.8) is 0 Å². The zero-order chi connectivity index (χ0) is 13.8. The maximum atomic E-state index is 12.1.